The van der Waals surface area contributed by atoms with E-state index in [2.05, 4.69) is 42.6 Å². The van der Waals surface area contributed by atoms with Gasteiger partial charge in [0, 0.05) is 18.4 Å². The van der Waals surface area contributed by atoms with Gasteiger partial charge >= 0.3 is 11.7 Å². The molecule has 5 heteroatoms. The summed E-state index contributed by atoms with van der Waals surface area (Å²) in [4.78, 5) is 18.3. The summed E-state index contributed by atoms with van der Waals surface area (Å²) < 4.78 is 1.70. The number of aromatic nitrogens is 2. The number of nitrogens with zero attached hydrogens (tertiary/aromatic N) is 2. The fraction of sp³-hybridized carbons (Fsp3) is 0.148. The highest BCUT2D eigenvalue weighted by atomic mass is 16.3. The fourth-order valence-electron chi connectivity index (χ4n) is 4.17. The van der Waals surface area contributed by atoms with Gasteiger partial charge in [0.05, 0.1) is 0 Å². The number of aryl methyl sites for hydroxylation is 1. The Hall–Kier alpha value is -3.99. The molecular formula is C27H24N3O2+. The van der Waals surface area contributed by atoms with Crippen molar-refractivity contribution in [1.29, 1.82) is 0 Å². The van der Waals surface area contributed by atoms with Gasteiger partial charge in [-0.05, 0) is 42.3 Å². The molecule has 1 aliphatic rings. The summed E-state index contributed by atoms with van der Waals surface area (Å²) in [5, 5.41) is 13.1. The summed E-state index contributed by atoms with van der Waals surface area (Å²) in [5.74, 6) is 0.959. The van der Waals surface area contributed by atoms with Crippen LogP contribution in [0.1, 0.15) is 27.2 Å². The van der Waals surface area contributed by atoms with Crippen molar-refractivity contribution in [1.82, 2.24) is 4.98 Å². The Morgan fingerprint density at radius 1 is 0.969 bits per heavy atom. The third-order valence-corrected chi connectivity index (χ3v) is 5.77. The summed E-state index contributed by atoms with van der Waals surface area (Å²) >= 11 is 0. The summed E-state index contributed by atoms with van der Waals surface area (Å²) in [7, 11) is 0. The molecule has 1 unspecified atom stereocenters. The summed E-state index contributed by atoms with van der Waals surface area (Å²) in [6, 6.07) is 24.9. The lowest BCUT2D eigenvalue weighted by molar-refractivity contribution is -0.552. The molecule has 0 saturated carbocycles. The van der Waals surface area contributed by atoms with Gasteiger partial charge in [0.25, 0.3) is 0 Å². The highest BCUT2D eigenvalue weighted by Gasteiger charge is 2.41. The van der Waals surface area contributed by atoms with Crippen LogP contribution in [0.4, 0.5) is 5.82 Å². The normalized spacial score (nSPS) is 14.8. The highest BCUT2D eigenvalue weighted by Crippen LogP contribution is 2.26. The lowest BCUT2D eigenvalue weighted by atomic mass is 10.0. The van der Waals surface area contributed by atoms with Crippen LogP contribution < -0.4 is 9.88 Å². The maximum Gasteiger partial charge on any atom is 0.359 e. The number of phenolic OH excluding ortho intramolecular Hbond substituents is 1. The van der Waals surface area contributed by atoms with Crippen LogP contribution in [0.25, 0.3) is 11.3 Å². The van der Waals surface area contributed by atoms with Crippen LogP contribution in [0.2, 0.25) is 0 Å². The molecule has 5 nitrogen and oxygen atoms in total. The number of rotatable bonds is 5. The van der Waals surface area contributed by atoms with Crippen LogP contribution in [0, 0.1) is 6.92 Å². The van der Waals surface area contributed by atoms with Gasteiger partial charge in [-0.3, -0.25) is 5.32 Å². The van der Waals surface area contributed by atoms with Crippen LogP contribution in [-0.2, 0) is 12.8 Å². The number of carbonyl (C=O) groups is 1. The van der Waals surface area contributed by atoms with E-state index in [1.54, 1.807) is 22.9 Å². The molecule has 0 amide bonds. The quantitative estimate of drug-likeness (QED) is 0.470. The van der Waals surface area contributed by atoms with Gasteiger partial charge in [-0.2, -0.15) is 4.57 Å². The van der Waals surface area contributed by atoms with E-state index in [4.69, 9.17) is 4.98 Å². The lowest BCUT2D eigenvalue weighted by Gasteiger charge is -2.07. The van der Waals surface area contributed by atoms with Crippen molar-refractivity contribution in [2.45, 2.75) is 25.8 Å². The van der Waals surface area contributed by atoms with E-state index in [1.165, 1.54) is 5.56 Å². The van der Waals surface area contributed by atoms with Crippen molar-refractivity contribution in [2.75, 3.05) is 5.32 Å². The molecule has 1 atom stereocenters. The molecule has 5 rings (SSSR count). The number of hydrogen-bond acceptors (Lipinski definition) is 4. The van der Waals surface area contributed by atoms with E-state index in [9.17, 15) is 9.90 Å². The van der Waals surface area contributed by atoms with E-state index >= 15 is 0 Å². The number of fused-ring (bicyclic) bond motifs is 1. The summed E-state index contributed by atoms with van der Waals surface area (Å²) in [6.07, 6.45) is 3.02. The first-order chi connectivity index (χ1) is 15.6. The molecule has 0 saturated heterocycles. The largest absolute Gasteiger partial charge is 0.508 e. The maximum atomic E-state index is 13.4. The molecule has 0 spiro atoms. The average molecular weight is 423 g/mol. The number of anilines is 1. The molecule has 0 radical (unpaired) electrons. The first-order valence-corrected chi connectivity index (χ1v) is 10.7. The molecule has 32 heavy (non-hydrogen) atoms. The van der Waals surface area contributed by atoms with Crippen molar-refractivity contribution in [3.05, 3.63) is 107 Å². The van der Waals surface area contributed by atoms with Crippen molar-refractivity contribution in [3.63, 3.8) is 0 Å². The zero-order valence-electron chi connectivity index (χ0n) is 17.8. The van der Waals surface area contributed by atoms with Gasteiger partial charge in [-0.15, -0.1) is 0 Å². The van der Waals surface area contributed by atoms with Gasteiger partial charge in [0.2, 0.25) is 0 Å². The Bertz CT molecular complexity index is 1280. The third-order valence-electron chi connectivity index (χ3n) is 5.77. The predicted octanol–water partition coefficient (Wildman–Crippen LogP) is 4.32. The monoisotopic (exact) mass is 422 g/mol. The second-order valence-electron chi connectivity index (χ2n) is 8.23. The SMILES string of the molecule is Cc1cccc(CC2Nc3c(Cc4ccccc4)nc(-c4ccc(O)cc4)c[n+]3C2=O)c1. The maximum absolute atomic E-state index is 13.4. The van der Waals surface area contributed by atoms with E-state index in [1.807, 2.05) is 36.4 Å². The molecule has 0 bridgehead atoms. The lowest BCUT2D eigenvalue weighted by Crippen LogP contribution is -2.44. The Balaban J connectivity index is 1.54. The van der Waals surface area contributed by atoms with E-state index in [-0.39, 0.29) is 17.7 Å². The molecule has 2 N–H and O–H groups in total. The molecule has 2 heterocycles. The second kappa shape index (κ2) is 8.27. The molecule has 4 aromatic rings. The van der Waals surface area contributed by atoms with E-state index in [0.29, 0.717) is 18.5 Å². The van der Waals surface area contributed by atoms with Gasteiger partial charge < -0.3 is 5.11 Å². The minimum atomic E-state index is -0.344. The van der Waals surface area contributed by atoms with Gasteiger partial charge in [-0.1, -0.05) is 60.2 Å². The molecule has 0 aliphatic carbocycles. The number of hydrogen-bond donors (Lipinski definition) is 2. The van der Waals surface area contributed by atoms with Crippen molar-refractivity contribution in [3.8, 4) is 17.0 Å². The van der Waals surface area contributed by atoms with E-state index in [0.717, 1.165) is 28.2 Å². The number of carbonyl (C=O) groups excluding carboxylic acids is 1. The Labute approximate surface area is 187 Å². The second-order valence-corrected chi connectivity index (χ2v) is 8.23. The Morgan fingerprint density at radius 3 is 2.47 bits per heavy atom. The van der Waals surface area contributed by atoms with Crippen LogP contribution in [0.3, 0.4) is 0 Å². The first-order valence-electron chi connectivity index (χ1n) is 10.7. The van der Waals surface area contributed by atoms with Crippen molar-refractivity contribution >= 4 is 11.7 Å². The minimum Gasteiger partial charge on any atom is -0.508 e. The molecular weight excluding hydrogens is 398 g/mol. The number of benzene rings is 3. The summed E-state index contributed by atoms with van der Waals surface area (Å²) in [5.41, 5.74) is 5.80. The first kappa shape index (κ1) is 19.9. The van der Waals surface area contributed by atoms with E-state index < -0.39 is 0 Å². The zero-order valence-corrected chi connectivity index (χ0v) is 17.8. The average Bonchev–Trinajstić information content (AvgIpc) is 3.11. The molecule has 0 fully saturated rings. The van der Waals surface area contributed by atoms with Crippen LogP contribution in [-0.4, -0.2) is 22.0 Å². The highest BCUT2D eigenvalue weighted by molar-refractivity contribution is 5.82. The predicted molar refractivity (Wildman–Crippen MR) is 124 cm³/mol. The molecule has 158 valence electrons. The van der Waals surface area contributed by atoms with Crippen LogP contribution in [0.5, 0.6) is 5.75 Å². The topological polar surface area (TPSA) is 66.1 Å². The zero-order chi connectivity index (χ0) is 22.1. The smallest absolute Gasteiger partial charge is 0.359 e. The van der Waals surface area contributed by atoms with Crippen LogP contribution >= 0.6 is 0 Å². The van der Waals surface area contributed by atoms with Crippen LogP contribution in [0.15, 0.2) is 85.1 Å². The van der Waals surface area contributed by atoms with Gasteiger partial charge in [-0.25, -0.2) is 9.78 Å². The van der Waals surface area contributed by atoms with Crippen molar-refractivity contribution < 1.29 is 14.5 Å². The Kier molecular flexibility index (Phi) is 5.15. The van der Waals surface area contributed by atoms with Crippen molar-refractivity contribution in [2.24, 2.45) is 0 Å². The van der Waals surface area contributed by atoms with Gasteiger partial charge in [0.1, 0.15) is 23.3 Å². The standard InChI is InChI=1S/C27H23N3O2/c1-18-6-5-9-20(14-18)16-24-27(32)30-17-25(21-10-12-22(31)13-11-21)28-23(26(30)29-24)15-19-7-3-2-4-8-19/h2-14,17,24,31H,15-16H2,1H3/p+1. The fourth-order valence-corrected chi connectivity index (χ4v) is 4.17. The number of phenols is 1. The molecule has 1 aliphatic heterocycles. The van der Waals surface area contributed by atoms with Gasteiger partial charge in [0.15, 0.2) is 6.04 Å². The minimum absolute atomic E-state index is 0.0123. The molecule has 3 aromatic carbocycles. The number of nitrogens with one attached hydrogen (secondary N) is 1. The Morgan fingerprint density at radius 2 is 1.72 bits per heavy atom. The number of aromatic hydroxyl groups is 1. The molecule has 1 aromatic heterocycles. The third kappa shape index (κ3) is 3.97. The summed E-state index contributed by atoms with van der Waals surface area (Å²) in [6.45, 7) is 2.06.